The number of ether oxygens (including phenoxy) is 1. The smallest absolute Gasteiger partial charge is 0.173 e. The van der Waals surface area contributed by atoms with E-state index in [0.717, 1.165) is 43.6 Å². The van der Waals surface area contributed by atoms with Crippen LogP contribution < -0.4 is 0 Å². The minimum absolute atomic E-state index is 0.0871. The molecule has 4 rings (SSSR count). The minimum Gasteiger partial charge on any atom is -0.383 e. The van der Waals surface area contributed by atoms with Crippen molar-refractivity contribution in [3.8, 4) is 0 Å². The van der Waals surface area contributed by atoms with E-state index >= 15 is 0 Å². The Kier molecular flexibility index (Phi) is 6.84. The van der Waals surface area contributed by atoms with Crippen molar-refractivity contribution >= 4 is 0 Å². The molecule has 0 spiro atoms. The molecular weight excluding hydrogens is 371 g/mol. The zero-order valence-electron chi connectivity index (χ0n) is 17.2. The molecule has 0 unspecified atom stereocenters. The van der Waals surface area contributed by atoms with Crippen LogP contribution >= 0.6 is 0 Å². The summed E-state index contributed by atoms with van der Waals surface area (Å²) in [4.78, 5) is 5.09. The predicted molar refractivity (Wildman–Crippen MR) is 108 cm³/mol. The molecule has 1 saturated carbocycles. The molecule has 7 nitrogen and oxygen atoms in total. The molecule has 2 aromatic rings. The van der Waals surface area contributed by atoms with E-state index in [9.17, 15) is 4.39 Å². The number of aromatic nitrogens is 4. The van der Waals surface area contributed by atoms with Crippen molar-refractivity contribution in [2.75, 3.05) is 39.9 Å². The van der Waals surface area contributed by atoms with Gasteiger partial charge in [-0.1, -0.05) is 31.4 Å². The van der Waals surface area contributed by atoms with Gasteiger partial charge in [-0.25, -0.2) is 9.07 Å². The van der Waals surface area contributed by atoms with E-state index in [1.807, 2.05) is 16.8 Å². The first kappa shape index (κ1) is 20.4. The molecule has 2 heterocycles. The summed E-state index contributed by atoms with van der Waals surface area (Å²) in [6.45, 7) is 5.16. The summed E-state index contributed by atoms with van der Waals surface area (Å²) in [6, 6.07) is 7.39. The molecule has 1 aliphatic carbocycles. The molecule has 1 aliphatic heterocycles. The molecule has 1 saturated heterocycles. The van der Waals surface area contributed by atoms with Crippen molar-refractivity contribution in [1.29, 1.82) is 0 Å². The lowest BCUT2D eigenvalue weighted by molar-refractivity contribution is 0.0615. The van der Waals surface area contributed by atoms with Crippen molar-refractivity contribution in [3.63, 3.8) is 0 Å². The van der Waals surface area contributed by atoms with Gasteiger partial charge in [0.25, 0.3) is 0 Å². The van der Waals surface area contributed by atoms with Gasteiger partial charge in [0, 0.05) is 39.3 Å². The zero-order valence-corrected chi connectivity index (χ0v) is 17.2. The average Bonchev–Trinajstić information content (AvgIpc) is 3.23. The van der Waals surface area contributed by atoms with Gasteiger partial charge in [-0.2, -0.15) is 0 Å². The Labute approximate surface area is 171 Å². The van der Waals surface area contributed by atoms with Gasteiger partial charge in [-0.3, -0.25) is 9.80 Å². The van der Waals surface area contributed by atoms with Crippen LogP contribution in [0.3, 0.4) is 0 Å². The number of nitrogens with zero attached hydrogens (tertiary/aromatic N) is 6. The van der Waals surface area contributed by atoms with E-state index in [4.69, 9.17) is 4.74 Å². The van der Waals surface area contributed by atoms with E-state index in [0.29, 0.717) is 13.2 Å². The Morgan fingerprint density at radius 2 is 1.79 bits per heavy atom. The standard InChI is InChI=1S/C21H31FN6O/c1-29-16-15-28-21(23-24-25-28)20(17-7-9-18(22)10-8-17)27-13-11-26(12-14-27)19-5-3-2-4-6-19/h7-10,19-20H,2-6,11-16H2,1H3/t20-/m0/s1. The van der Waals surface area contributed by atoms with Gasteiger partial charge in [-0.05, 0) is 41.0 Å². The lowest BCUT2D eigenvalue weighted by atomic mass is 9.93. The lowest BCUT2D eigenvalue weighted by Gasteiger charge is -2.43. The van der Waals surface area contributed by atoms with E-state index in [1.54, 1.807) is 7.11 Å². The summed E-state index contributed by atoms with van der Waals surface area (Å²) in [5.74, 6) is 0.563. The SMILES string of the molecule is COCCn1nnnc1[C@H](c1ccc(F)cc1)N1CCN(C2CCCCC2)CC1. The molecule has 1 aromatic heterocycles. The highest BCUT2D eigenvalue weighted by Crippen LogP contribution is 2.30. The second-order valence-electron chi connectivity index (χ2n) is 8.07. The highest BCUT2D eigenvalue weighted by atomic mass is 19.1. The summed E-state index contributed by atoms with van der Waals surface area (Å²) < 4.78 is 20.6. The average molecular weight is 403 g/mol. The maximum absolute atomic E-state index is 13.6. The van der Waals surface area contributed by atoms with Crippen molar-refractivity contribution in [1.82, 2.24) is 30.0 Å². The van der Waals surface area contributed by atoms with Crippen LogP contribution in [0.1, 0.15) is 49.5 Å². The Bertz CT molecular complexity index is 753. The van der Waals surface area contributed by atoms with Gasteiger partial charge in [0.15, 0.2) is 5.82 Å². The molecule has 0 N–H and O–H groups in total. The first-order chi connectivity index (χ1) is 14.3. The fourth-order valence-corrected chi connectivity index (χ4v) is 4.72. The van der Waals surface area contributed by atoms with Crippen molar-refractivity contribution in [3.05, 3.63) is 41.5 Å². The molecule has 2 fully saturated rings. The number of tetrazole rings is 1. The highest BCUT2D eigenvalue weighted by molar-refractivity contribution is 5.25. The molecule has 29 heavy (non-hydrogen) atoms. The number of benzene rings is 1. The first-order valence-corrected chi connectivity index (χ1v) is 10.7. The largest absolute Gasteiger partial charge is 0.383 e. The van der Waals surface area contributed by atoms with Gasteiger partial charge in [0.2, 0.25) is 0 Å². The molecule has 0 radical (unpaired) electrons. The summed E-state index contributed by atoms with van der Waals surface area (Å²) >= 11 is 0. The zero-order chi connectivity index (χ0) is 20.1. The van der Waals surface area contributed by atoms with E-state index < -0.39 is 0 Å². The minimum atomic E-state index is -0.228. The number of halogens is 1. The molecule has 158 valence electrons. The number of methoxy groups -OCH3 is 1. The number of rotatable bonds is 7. The predicted octanol–water partition coefficient (Wildman–Crippen LogP) is 2.50. The van der Waals surface area contributed by atoms with Crippen molar-refractivity contribution in [2.45, 2.75) is 50.7 Å². The number of hydrogen-bond donors (Lipinski definition) is 0. The van der Waals surface area contributed by atoms with Crippen LogP contribution in [0.4, 0.5) is 4.39 Å². The summed E-state index contributed by atoms with van der Waals surface area (Å²) in [6.07, 6.45) is 6.76. The van der Waals surface area contributed by atoms with Gasteiger partial charge in [0.1, 0.15) is 5.82 Å². The fourth-order valence-electron chi connectivity index (χ4n) is 4.72. The normalized spacial score (nSPS) is 20.8. The van der Waals surface area contributed by atoms with Crippen LogP contribution in [0.2, 0.25) is 0 Å². The van der Waals surface area contributed by atoms with Crippen LogP contribution in [-0.2, 0) is 11.3 Å². The molecule has 1 atom stereocenters. The molecule has 0 bridgehead atoms. The third-order valence-electron chi connectivity index (χ3n) is 6.30. The molecule has 2 aliphatic rings. The maximum Gasteiger partial charge on any atom is 0.173 e. The maximum atomic E-state index is 13.6. The molecule has 1 aromatic carbocycles. The summed E-state index contributed by atoms with van der Waals surface area (Å²) in [5.41, 5.74) is 1.02. The second kappa shape index (κ2) is 9.73. The van der Waals surface area contributed by atoms with Crippen LogP contribution in [0.15, 0.2) is 24.3 Å². The Morgan fingerprint density at radius 1 is 1.07 bits per heavy atom. The van der Waals surface area contributed by atoms with Gasteiger partial charge < -0.3 is 4.74 Å². The topological polar surface area (TPSA) is 59.3 Å². The first-order valence-electron chi connectivity index (χ1n) is 10.7. The number of hydrogen-bond acceptors (Lipinski definition) is 6. The molecular formula is C21H31FN6O. The third-order valence-corrected chi connectivity index (χ3v) is 6.30. The van der Waals surface area contributed by atoms with Crippen molar-refractivity contribution in [2.24, 2.45) is 0 Å². The van der Waals surface area contributed by atoms with Gasteiger partial charge in [0.05, 0.1) is 19.2 Å². The van der Waals surface area contributed by atoms with Gasteiger partial charge in [-0.15, -0.1) is 5.10 Å². The fraction of sp³-hybridized carbons (Fsp3) is 0.667. The molecule has 0 amide bonds. The second-order valence-corrected chi connectivity index (χ2v) is 8.07. The summed E-state index contributed by atoms with van der Waals surface area (Å²) in [5, 5.41) is 12.4. The molecule has 8 heteroatoms. The van der Waals surface area contributed by atoms with Crippen LogP contribution in [0, 0.1) is 5.82 Å². The van der Waals surface area contributed by atoms with E-state index in [1.165, 1.54) is 44.2 Å². The van der Waals surface area contributed by atoms with Crippen LogP contribution in [-0.4, -0.2) is 75.9 Å². The Balaban J connectivity index is 1.53. The highest BCUT2D eigenvalue weighted by Gasteiger charge is 2.32. The van der Waals surface area contributed by atoms with Crippen LogP contribution in [0.25, 0.3) is 0 Å². The number of piperazine rings is 1. The quantitative estimate of drug-likeness (QED) is 0.709. The Morgan fingerprint density at radius 3 is 2.48 bits per heavy atom. The van der Waals surface area contributed by atoms with E-state index in [-0.39, 0.29) is 11.9 Å². The Hall–Kier alpha value is -1.90. The van der Waals surface area contributed by atoms with Crippen LogP contribution in [0.5, 0.6) is 0 Å². The lowest BCUT2D eigenvalue weighted by Crippen LogP contribution is -2.52. The van der Waals surface area contributed by atoms with Crippen molar-refractivity contribution < 1.29 is 9.13 Å². The van der Waals surface area contributed by atoms with E-state index in [2.05, 4.69) is 25.3 Å². The summed E-state index contributed by atoms with van der Waals surface area (Å²) in [7, 11) is 1.67. The van der Waals surface area contributed by atoms with Gasteiger partial charge >= 0.3 is 0 Å². The monoisotopic (exact) mass is 402 g/mol. The third kappa shape index (κ3) is 4.82.